The first-order chi connectivity index (χ1) is 20.2. The van der Waals surface area contributed by atoms with Crippen LogP contribution in [0.5, 0.6) is 0 Å². The summed E-state index contributed by atoms with van der Waals surface area (Å²) in [7, 11) is 1.74. The average molecular weight is 575 g/mol. The number of primary amides is 1. The predicted octanol–water partition coefficient (Wildman–Crippen LogP) is 0.186. The third kappa shape index (κ3) is 4.93. The Kier molecular flexibility index (Phi) is 6.84. The van der Waals surface area contributed by atoms with Gasteiger partial charge in [0.15, 0.2) is 11.5 Å². The molecular weight excluding hydrogens is 547 g/mol. The van der Waals surface area contributed by atoms with E-state index in [1.165, 1.54) is 15.8 Å². The van der Waals surface area contributed by atoms with Gasteiger partial charge in [-0.1, -0.05) is 6.07 Å². The Labute approximate surface area is 238 Å². The first kappa shape index (κ1) is 27.0. The van der Waals surface area contributed by atoms with Crippen LogP contribution in [0.4, 0.5) is 10.2 Å². The lowest BCUT2D eigenvalue weighted by Gasteiger charge is -2.25. The minimum Gasteiger partial charge on any atom is -0.364 e. The fraction of sp³-hybridized carbons (Fsp3) is 0.333. The van der Waals surface area contributed by atoms with Crippen LogP contribution in [0, 0.1) is 0 Å². The molecule has 0 aliphatic carbocycles. The molecule has 4 amide bonds. The van der Waals surface area contributed by atoms with Gasteiger partial charge >= 0.3 is 0 Å². The van der Waals surface area contributed by atoms with Crippen molar-refractivity contribution in [2.24, 2.45) is 12.8 Å². The number of alkyl halides is 1. The molecule has 3 N–H and O–H groups in total. The van der Waals surface area contributed by atoms with Gasteiger partial charge in [0.1, 0.15) is 24.8 Å². The number of rotatable bonds is 7. The van der Waals surface area contributed by atoms with Crippen LogP contribution >= 0.6 is 0 Å². The maximum absolute atomic E-state index is 14.6. The Bertz CT molecular complexity index is 1700. The molecule has 2 fully saturated rings. The van der Waals surface area contributed by atoms with E-state index >= 15 is 0 Å². The maximum Gasteiger partial charge on any atom is 0.269 e. The number of amides is 4. The molecule has 2 saturated heterocycles. The summed E-state index contributed by atoms with van der Waals surface area (Å²) < 4.78 is 17.5. The van der Waals surface area contributed by atoms with Crippen LogP contribution in [0.25, 0.3) is 22.0 Å². The van der Waals surface area contributed by atoms with Crippen LogP contribution in [-0.4, -0.2) is 89.6 Å². The smallest absolute Gasteiger partial charge is 0.269 e. The van der Waals surface area contributed by atoms with Crippen LogP contribution in [0.1, 0.15) is 23.3 Å². The molecule has 0 bridgehead atoms. The van der Waals surface area contributed by atoms with Crippen molar-refractivity contribution < 1.29 is 23.6 Å². The monoisotopic (exact) mass is 574 g/mol. The highest BCUT2D eigenvalue weighted by molar-refractivity contribution is 6.05. The topological polar surface area (TPSA) is 174 Å². The van der Waals surface area contributed by atoms with E-state index < -0.39 is 36.0 Å². The Morgan fingerprint density at radius 2 is 1.95 bits per heavy atom. The van der Waals surface area contributed by atoms with Gasteiger partial charge in [0.2, 0.25) is 11.8 Å². The van der Waals surface area contributed by atoms with Gasteiger partial charge in [-0.2, -0.15) is 20.4 Å². The van der Waals surface area contributed by atoms with E-state index in [2.05, 4.69) is 25.7 Å². The van der Waals surface area contributed by atoms with Crippen molar-refractivity contribution in [3.63, 3.8) is 0 Å². The molecule has 15 heteroatoms. The molecule has 0 saturated carbocycles. The van der Waals surface area contributed by atoms with Crippen molar-refractivity contribution in [1.82, 2.24) is 40.0 Å². The number of fused-ring (bicyclic) bond motifs is 1. The largest absolute Gasteiger partial charge is 0.364 e. The molecule has 1 unspecified atom stereocenters. The zero-order valence-electron chi connectivity index (χ0n) is 22.6. The molecule has 42 heavy (non-hydrogen) atoms. The normalized spacial score (nSPS) is 20.4. The van der Waals surface area contributed by atoms with E-state index in [4.69, 9.17) is 5.73 Å². The van der Waals surface area contributed by atoms with Gasteiger partial charge in [-0.3, -0.25) is 33.4 Å². The second kappa shape index (κ2) is 10.6. The molecule has 1 aromatic carbocycles. The van der Waals surface area contributed by atoms with Crippen LogP contribution in [0.3, 0.4) is 0 Å². The molecule has 4 aromatic rings. The van der Waals surface area contributed by atoms with Gasteiger partial charge in [0.25, 0.3) is 11.8 Å². The lowest BCUT2D eigenvalue weighted by molar-refractivity contribution is -0.139. The molecule has 216 valence electrons. The quantitative estimate of drug-likeness (QED) is 0.314. The third-order valence-electron chi connectivity index (χ3n) is 7.56. The van der Waals surface area contributed by atoms with Gasteiger partial charge in [-0.25, -0.2) is 4.39 Å². The Balaban J connectivity index is 1.19. The Morgan fingerprint density at radius 3 is 2.67 bits per heavy atom. The van der Waals surface area contributed by atoms with Gasteiger partial charge in [-0.05, 0) is 30.2 Å². The fourth-order valence-electron chi connectivity index (χ4n) is 5.51. The van der Waals surface area contributed by atoms with Gasteiger partial charge < -0.3 is 16.0 Å². The van der Waals surface area contributed by atoms with Gasteiger partial charge in [0.05, 0.1) is 24.5 Å². The number of carbonyl (C=O) groups is 4. The fourth-order valence-corrected chi connectivity index (χ4v) is 5.51. The van der Waals surface area contributed by atoms with E-state index in [0.29, 0.717) is 29.7 Å². The minimum atomic E-state index is -1.42. The second-order valence-electron chi connectivity index (χ2n) is 10.3. The van der Waals surface area contributed by atoms with Crippen LogP contribution in [-0.2, 0) is 28.0 Å². The number of halogens is 1. The zero-order chi connectivity index (χ0) is 29.5. The van der Waals surface area contributed by atoms with Crippen LogP contribution in [0.15, 0.2) is 48.9 Å². The Morgan fingerprint density at radius 1 is 1.12 bits per heavy atom. The molecule has 5 heterocycles. The number of benzene rings is 1. The highest BCUT2D eigenvalue weighted by atomic mass is 19.1. The number of aromatic nitrogens is 6. The summed E-state index contributed by atoms with van der Waals surface area (Å²) in [5.41, 5.74) is 7.52. The lowest BCUT2D eigenvalue weighted by Crippen LogP contribution is -2.51. The van der Waals surface area contributed by atoms with Crippen molar-refractivity contribution in [2.45, 2.75) is 37.6 Å². The summed E-state index contributed by atoms with van der Waals surface area (Å²) in [5, 5.41) is 19.3. The van der Waals surface area contributed by atoms with Crippen LogP contribution < -0.4 is 16.0 Å². The number of likely N-dealkylation sites (tertiary alicyclic amines) is 1. The van der Waals surface area contributed by atoms with E-state index in [-0.39, 0.29) is 31.1 Å². The average Bonchev–Trinajstić information content (AvgIpc) is 3.75. The first-order valence-electron chi connectivity index (χ1n) is 13.3. The first-order valence-corrected chi connectivity index (χ1v) is 13.3. The number of nitrogens with one attached hydrogen (secondary N) is 1. The molecule has 2 aliphatic rings. The molecule has 0 spiro atoms. The molecule has 6 rings (SSSR count). The van der Waals surface area contributed by atoms with E-state index in [9.17, 15) is 23.6 Å². The number of nitrogens with two attached hydrogens (primary N) is 1. The van der Waals surface area contributed by atoms with Crippen molar-refractivity contribution in [3.8, 4) is 11.1 Å². The van der Waals surface area contributed by atoms with Crippen molar-refractivity contribution >= 4 is 40.3 Å². The van der Waals surface area contributed by atoms with E-state index in [1.807, 2.05) is 0 Å². The molecule has 2 aliphatic heterocycles. The summed E-state index contributed by atoms with van der Waals surface area (Å²) in [6, 6.07) is 6.74. The number of anilines is 1. The summed E-state index contributed by atoms with van der Waals surface area (Å²) in [6.07, 6.45) is 3.56. The molecule has 14 nitrogen and oxygen atoms in total. The lowest BCUT2D eigenvalue weighted by atomic mass is 10.0. The summed E-state index contributed by atoms with van der Waals surface area (Å²) in [4.78, 5) is 54.4. The van der Waals surface area contributed by atoms with Crippen molar-refractivity contribution in [2.75, 3.05) is 18.0 Å². The number of carbonyl (C=O) groups excluding carboxylic acids is 4. The Hall–Kier alpha value is -5.21. The highest BCUT2D eigenvalue weighted by Crippen LogP contribution is 2.28. The highest BCUT2D eigenvalue weighted by Gasteiger charge is 2.42. The molecule has 0 radical (unpaired) electrons. The number of hydrogen-bond acceptors (Lipinski definition) is 8. The van der Waals surface area contributed by atoms with Gasteiger partial charge in [-0.15, -0.1) is 0 Å². The third-order valence-corrected chi connectivity index (χ3v) is 7.56. The van der Waals surface area contributed by atoms with Crippen molar-refractivity contribution in [3.05, 3.63) is 54.6 Å². The van der Waals surface area contributed by atoms with Gasteiger partial charge in [0, 0.05) is 43.2 Å². The number of nitrogens with zero attached hydrogens (tertiary/aromatic N) is 8. The maximum atomic E-state index is 14.6. The number of aryl methyl sites for hydroxylation is 1. The molecule has 3 aromatic heterocycles. The predicted molar refractivity (Wildman–Crippen MR) is 146 cm³/mol. The SMILES string of the molecule is Cn1ccc(N2CCC(NC(=O)[C@@H]3C[C@@H](F)CN3C(=O)Cn3nc(C(N)=O)c4cc(-c5ccnnc5)ccc43)C2=O)n1. The van der Waals surface area contributed by atoms with Crippen molar-refractivity contribution in [1.29, 1.82) is 0 Å². The summed E-state index contributed by atoms with van der Waals surface area (Å²) in [5.74, 6) is -1.79. The zero-order valence-corrected chi connectivity index (χ0v) is 22.6. The molecule has 3 atom stereocenters. The summed E-state index contributed by atoms with van der Waals surface area (Å²) in [6.45, 7) is -0.267. The van der Waals surface area contributed by atoms with E-state index in [0.717, 1.165) is 16.0 Å². The summed E-state index contributed by atoms with van der Waals surface area (Å²) >= 11 is 0. The number of hydrogen-bond donors (Lipinski definition) is 2. The second-order valence-corrected chi connectivity index (χ2v) is 10.3. The molecular formula is C27H27FN10O4. The standard InChI is InChI=1S/C27H27FN10O4/c1-35-8-6-22(33-35)36-9-5-19(27(36)42)32-26(41)21-11-17(28)13-37(21)23(39)14-38-20-3-2-15(16-4-7-30-31-12-16)10-18(20)24(34-38)25(29)40/h2-4,6-8,10,12,17,19,21H,5,9,11,13-14H2,1H3,(H2,29,40)(H,32,41)/t17-,19?,21+/m1/s1. The van der Waals surface area contributed by atoms with Crippen LogP contribution in [0.2, 0.25) is 0 Å². The van der Waals surface area contributed by atoms with E-state index in [1.54, 1.807) is 54.5 Å². The minimum absolute atomic E-state index is 0.0297.